The molecule has 17 N–H and O–H groups in total. The molecule has 0 radical (unpaired) electrons. The normalized spacial score (nSPS) is 39.1. The average molecular weight is 1880 g/mol. The predicted molar refractivity (Wildman–Crippen MR) is 497 cm³/mol. The summed E-state index contributed by atoms with van der Waals surface area (Å²) in [5.41, 5.74) is 6.60. The van der Waals surface area contributed by atoms with Gasteiger partial charge in [-0.1, -0.05) is 141 Å². The molecule has 28 heteroatoms. The highest BCUT2D eigenvalue weighted by Crippen LogP contribution is 2.72. The minimum absolute atomic E-state index is 0.00309. The van der Waals surface area contributed by atoms with Crippen molar-refractivity contribution in [1.82, 2.24) is 10.6 Å². The predicted octanol–water partition coefficient (Wildman–Crippen LogP) is 12.5. The van der Waals surface area contributed by atoms with Crippen molar-refractivity contribution in [2.75, 3.05) is 14.3 Å². The minimum Gasteiger partial charge on any atom is -0.744 e. The molecule has 2 amide bonds. The summed E-state index contributed by atoms with van der Waals surface area (Å²) in [6, 6.07) is 23.0. The summed E-state index contributed by atoms with van der Waals surface area (Å²) >= 11 is 0. The fraction of sp³-hybridized carbons (Fsp3) is 0.769. The molecule has 12 unspecified atom stereocenters. The number of aliphatic hydroxyl groups is 10. The molecule has 0 aliphatic heterocycles. The van der Waals surface area contributed by atoms with E-state index < -0.39 is 83.9 Å². The van der Waals surface area contributed by atoms with E-state index in [1.54, 1.807) is 26.0 Å². The van der Waals surface area contributed by atoms with Gasteiger partial charge in [-0.25, -0.2) is 18.0 Å². The highest BCUT2D eigenvalue weighted by molar-refractivity contribution is 7.85. The number of aliphatic hydroxyl groups excluding tert-OH is 10. The molecule has 0 heterocycles. The SMILES string of the molecule is CO.C[C@@H]([NH3+])C(=O)OCc1ccccc1.C[C@H](CCC(=O)N[C@H](C)C(=O)O)[C@H]1CCC2C3C(CC[C@@]21C)[C@@]1(C)CC[C@@H](O)CC1[C@@H](O)[C@H]3O.C[C@H](CCC(=O)N[C@H](C)C(=O)OCc1ccccc1)[C@H]1CCC2C3C(CC[C@@]21C)[C@@]1(C)CC[C@@H](O)CC1[C@@H](O)[C@H]3O.C[C@H](CCC(=O)O)[C@H]1CCC2C3C(CC[C@@]21C)[C@@]1(C)CC[C@@H](O)CC1[C@@H](O)[C@H]3O.Cc1ccc(S(=O)(=O)[O-])cc1.[2H]CF. The molecule has 26 nitrogen and oxygen atoms in total. The van der Waals surface area contributed by atoms with Crippen LogP contribution in [0.5, 0.6) is 0 Å². The van der Waals surface area contributed by atoms with Crippen molar-refractivity contribution < 1.29 is 124 Å². The quantitative estimate of drug-likeness (QED) is 0.0328. The van der Waals surface area contributed by atoms with Crippen LogP contribution in [-0.2, 0) is 61.6 Å². The van der Waals surface area contributed by atoms with Crippen molar-refractivity contribution in [3.63, 3.8) is 0 Å². The summed E-state index contributed by atoms with van der Waals surface area (Å²) in [6.45, 7) is 27.9. The monoisotopic (exact) mass is 1880 g/mol. The third kappa shape index (κ3) is 24.2. The maximum Gasteiger partial charge on any atom is 0.364 e. The minimum atomic E-state index is -4.27. The van der Waals surface area contributed by atoms with Crippen molar-refractivity contribution in [1.29, 1.82) is 0 Å². The van der Waals surface area contributed by atoms with E-state index in [4.69, 9.17) is 26.2 Å². The Bertz CT molecular complexity index is 4360. The van der Waals surface area contributed by atoms with E-state index in [1.165, 1.54) is 19.1 Å². The summed E-state index contributed by atoms with van der Waals surface area (Å²) in [6.07, 6.45) is 17.4. The number of benzene rings is 3. The molecule has 12 aliphatic rings. The van der Waals surface area contributed by atoms with E-state index in [0.717, 1.165) is 159 Å². The molecule has 746 valence electrons. The molecule has 3 aromatic carbocycles. The van der Waals surface area contributed by atoms with Gasteiger partial charge in [-0.3, -0.25) is 23.6 Å². The molecule has 36 atom stereocenters. The fourth-order valence-electron chi connectivity index (χ4n) is 29.5. The molecule has 0 spiro atoms. The molecule has 0 saturated heterocycles. The number of esters is 2. The number of carbonyl (C=O) groups is 6. The van der Waals surface area contributed by atoms with Gasteiger partial charge in [-0.05, 0) is 344 Å². The maximum atomic E-state index is 12.8. The summed E-state index contributed by atoms with van der Waals surface area (Å²) in [5.74, 6) is 2.12. The molecule has 132 heavy (non-hydrogen) atoms. The van der Waals surface area contributed by atoms with Gasteiger partial charge in [0, 0.05) is 26.4 Å². The first-order chi connectivity index (χ1) is 62.6. The van der Waals surface area contributed by atoms with Crippen molar-refractivity contribution >= 4 is 45.8 Å². The zero-order chi connectivity index (χ0) is 98.5. The fourth-order valence-corrected chi connectivity index (χ4v) is 30.0. The molecular weight excluding hydrogens is 1710 g/mol. The summed E-state index contributed by atoms with van der Waals surface area (Å²) < 4.78 is 57.0. The summed E-state index contributed by atoms with van der Waals surface area (Å²) in [4.78, 5) is 70.3. The highest BCUT2D eigenvalue weighted by Gasteiger charge is 2.69. The van der Waals surface area contributed by atoms with Crippen LogP contribution in [-0.4, -0.2) is 197 Å². The maximum absolute atomic E-state index is 12.8. The number of aryl methyl sites for hydroxylation is 1. The van der Waals surface area contributed by atoms with Gasteiger partial charge >= 0.3 is 23.9 Å². The number of amides is 2. The van der Waals surface area contributed by atoms with Gasteiger partial charge in [0.2, 0.25) is 11.8 Å². The van der Waals surface area contributed by atoms with Crippen LogP contribution in [0.1, 0.15) is 275 Å². The summed E-state index contributed by atoms with van der Waals surface area (Å²) in [5, 5.41) is 129. The second-order valence-electron chi connectivity index (χ2n) is 43.8. The Morgan fingerprint density at radius 2 is 0.735 bits per heavy atom. The first-order valence-corrected chi connectivity index (χ1v) is 50.7. The largest absolute Gasteiger partial charge is 0.744 e. The van der Waals surface area contributed by atoms with Gasteiger partial charge in [-0.2, -0.15) is 0 Å². The Morgan fingerprint density at radius 3 is 1.04 bits per heavy atom. The second kappa shape index (κ2) is 46.6. The smallest absolute Gasteiger partial charge is 0.364 e. The molecule has 12 aliphatic carbocycles. The topological polar surface area (TPSA) is 473 Å². The van der Waals surface area contributed by atoms with Gasteiger partial charge in [0.25, 0.3) is 0 Å². The third-order valence-electron chi connectivity index (χ3n) is 36.6. The van der Waals surface area contributed by atoms with E-state index in [-0.39, 0.29) is 128 Å². The molecular formula is C104H164FN3O23S. The molecule has 0 aromatic heterocycles. The van der Waals surface area contributed by atoms with Crippen LogP contribution < -0.4 is 16.4 Å². The van der Waals surface area contributed by atoms with Crippen molar-refractivity contribution in [3.05, 3.63) is 102 Å². The number of hydrogen-bond acceptors (Lipinski definition) is 21. The number of ether oxygens (including phenoxy) is 2. The van der Waals surface area contributed by atoms with Crippen LogP contribution in [0.15, 0.2) is 89.8 Å². The first-order valence-electron chi connectivity index (χ1n) is 50.0. The number of carboxylic acids is 2. The first kappa shape index (κ1) is 108. The van der Waals surface area contributed by atoms with Crippen LogP contribution >= 0.6 is 0 Å². The van der Waals surface area contributed by atoms with Crippen LogP contribution in [0.3, 0.4) is 0 Å². The Kier molecular flexibility index (Phi) is 38.1. The number of alkyl halides is 1. The Hall–Kier alpha value is -6.12. The Morgan fingerprint density at radius 1 is 0.439 bits per heavy atom. The number of carbonyl (C=O) groups excluding carboxylic acids is 4. The second-order valence-corrected chi connectivity index (χ2v) is 45.2. The average Bonchev–Trinajstić information content (AvgIpc) is 1.51. The van der Waals surface area contributed by atoms with Crippen LogP contribution in [0.4, 0.5) is 4.39 Å². The molecule has 12 fully saturated rings. The number of rotatable bonds is 22. The van der Waals surface area contributed by atoms with E-state index in [2.05, 4.69) is 78.7 Å². The van der Waals surface area contributed by atoms with Crippen LogP contribution in [0.2, 0.25) is 0 Å². The van der Waals surface area contributed by atoms with Gasteiger partial charge < -0.3 is 91.7 Å². The Balaban J connectivity index is 0.000000196. The Labute approximate surface area is 785 Å². The standard InChI is InChI=1S/C34H51NO6.C27H45NO6.C24H40O5.C10H13NO2.C7H8O3S.CH3F.CH4O/c1-20(10-13-28(37)35-21(2)32(40)41-19-22-8-6-5-7-9-22)24-11-12-25-29-26(15-17-33(24,25)3)34(4)16-14-23(36)18-27(34)30(38)31(29)39;1-14(5-8-21(30)28-15(2)25(33)34)17-6-7-18-22-19(10-12-26(17,18)3)27(4)11-9-16(29)13-20(27)23(31)24(22)32;1-13(4-7-19(26)27)15-5-6-16-20-17(9-11-23(15,16)2)24(3)10-8-14(25)12-18(24)21(28)22(20)29;1-8(11)10(12)13-7-9-5-3-2-4-6-9;1-6-2-4-7(5-3-6)11(8,9)10;2*1-2/h5-9,20-21,23-27,29-31,36,38-39H,10-19H2,1-4H3,(H,35,37);14-20,22-24,29,31-32H,5-13H2,1-4H3,(H,28,30)(H,33,34);13-18,20-22,25,28-29H,4-12H2,1-3H3,(H,26,27);2-6,8H,7,11H2,1H3;2-5H,1H3,(H,8,9,10);1H3;2H,1H3/t20-,21-,23-,24-,25?,26?,27?,29?,30-,31+,33-,34-;14-,15-,16-,17-,18?,19?,20?,22?,23-,24+,26-,27-;13-,14-,15-,16?,17?,18?,20?,21-,22+,23-,24-;8-;;;/m1111.../s1/i;;;;;1D;. The van der Waals surface area contributed by atoms with E-state index in [9.17, 15) is 92.1 Å². The van der Waals surface area contributed by atoms with Crippen molar-refractivity contribution in [2.45, 2.75) is 355 Å². The van der Waals surface area contributed by atoms with Gasteiger partial charge in [0.1, 0.15) is 35.4 Å². The number of fused-ring (bicyclic) bond motifs is 15. The van der Waals surface area contributed by atoms with Crippen LogP contribution in [0.25, 0.3) is 0 Å². The lowest BCUT2D eigenvalue weighted by Gasteiger charge is -2.63. The lowest BCUT2D eigenvalue weighted by molar-refractivity contribution is -0.403. The van der Waals surface area contributed by atoms with Gasteiger partial charge in [0.05, 0.1) is 68.4 Å². The van der Waals surface area contributed by atoms with Gasteiger partial charge in [-0.15, -0.1) is 0 Å². The van der Waals surface area contributed by atoms with Gasteiger partial charge in [0.15, 0.2) is 6.04 Å². The number of aliphatic carboxylic acids is 2. The molecule has 0 bridgehead atoms. The molecule has 3 aromatic rings. The number of halogens is 1. The number of carboxylic acid groups (broad SMARTS) is 2. The zero-order valence-corrected chi connectivity index (χ0v) is 81.8. The number of hydrogen-bond donors (Lipinski definition) is 15. The molecule has 15 rings (SSSR count). The number of quaternary nitrogens is 1. The summed E-state index contributed by atoms with van der Waals surface area (Å²) in [7, 11) is -4.27. The van der Waals surface area contributed by atoms with Crippen molar-refractivity contribution in [2.24, 2.45) is 139 Å². The molecule has 12 saturated carbocycles. The van der Waals surface area contributed by atoms with Crippen LogP contribution in [0, 0.1) is 146 Å². The third-order valence-corrected chi connectivity index (χ3v) is 37.4. The lowest BCUT2D eigenvalue weighted by atomic mass is 9.43. The lowest BCUT2D eigenvalue weighted by Crippen LogP contribution is -2.64. The van der Waals surface area contributed by atoms with Crippen molar-refractivity contribution in [3.8, 4) is 0 Å². The number of nitrogens with one attached hydrogen (secondary N) is 2. The van der Waals surface area contributed by atoms with E-state index in [1.807, 2.05) is 67.6 Å². The van der Waals surface area contributed by atoms with E-state index >= 15 is 0 Å². The van der Waals surface area contributed by atoms with E-state index in [0.29, 0.717) is 110 Å². The zero-order valence-electron chi connectivity index (χ0n) is 82.0. The highest BCUT2D eigenvalue weighted by atomic mass is 32.2.